The molecule has 0 spiro atoms. The highest BCUT2D eigenvalue weighted by molar-refractivity contribution is 5.92. The molecule has 0 unspecified atom stereocenters. The third-order valence-electron chi connectivity index (χ3n) is 5.19. The van der Waals surface area contributed by atoms with Crippen LogP contribution in [0.3, 0.4) is 0 Å². The first-order valence-electron chi connectivity index (χ1n) is 9.61. The number of hydrogen-bond acceptors (Lipinski definition) is 5. The Balaban J connectivity index is 1.37. The molecule has 0 bridgehead atoms. The molecule has 154 valence electrons. The van der Waals surface area contributed by atoms with Crippen LogP contribution >= 0.6 is 0 Å². The van der Waals surface area contributed by atoms with Crippen molar-refractivity contribution in [3.05, 3.63) is 87.9 Å². The van der Waals surface area contributed by atoms with Gasteiger partial charge in [0, 0.05) is 56.0 Å². The Morgan fingerprint density at radius 3 is 2.37 bits per heavy atom. The molecule has 1 saturated heterocycles. The van der Waals surface area contributed by atoms with E-state index in [1.165, 1.54) is 18.2 Å². The van der Waals surface area contributed by atoms with Crippen LogP contribution in [0.5, 0.6) is 0 Å². The number of nitrogens with zero attached hydrogens (tertiary/aromatic N) is 3. The largest absolute Gasteiger partial charge is 0.451 e. The van der Waals surface area contributed by atoms with E-state index in [2.05, 4.69) is 4.90 Å². The van der Waals surface area contributed by atoms with Crippen molar-refractivity contribution in [2.24, 2.45) is 0 Å². The maximum atomic E-state index is 13.8. The molecule has 0 atom stereocenters. The number of hydrogen-bond donors (Lipinski definition) is 0. The highest BCUT2D eigenvalue weighted by Gasteiger charge is 2.25. The first-order valence-corrected chi connectivity index (χ1v) is 9.61. The Bertz CT molecular complexity index is 1060. The van der Waals surface area contributed by atoms with Crippen molar-refractivity contribution in [3.63, 3.8) is 0 Å². The van der Waals surface area contributed by atoms with E-state index in [0.717, 1.165) is 0 Å². The zero-order chi connectivity index (χ0) is 21.1. The van der Waals surface area contributed by atoms with Crippen LogP contribution in [-0.2, 0) is 6.54 Å². The number of carbonyl (C=O) groups is 1. The Morgan fingerprint density at radius 1 is 1.00 bits per heavy atom. The van der Waals surface area contributed by atoms with Gasteiger partial charge >= 0.3 is 0 Å². The fourth-order valence-corrected chi connectivity index (χ4v) is 3.49. The van der Waals surface area contributed by atoms with Gasteiger partial charge in [0.2, 0.25) is 0 Å². The number of carbonyl (C=O) groups excluding carboxylic acids is 1. The van der Waals surface area contributed by atoms with Crippen LogP contribution in [0.4, 0.5) is 10.1 Å². The van der Waals surface area contributed by atoms with Gasteiger partial charge in [-0.05, 0) is 30.3 Å². The van der Waals surface area contributed by atoms with Crippen LogP contribution < -0.4 is 0 Å². The van der Waals surface area contributed by atoms with Crippen molar-refractivity contribution < 1.29 is 18.5 Å². The third kappa shape index (κ3) is 4.23. The quantitative estimate of drug-likeness (QED) is 0.471. The number of nitro groups is 1. The van der Waals surface area contributed by atoms with E-state index in [-0.39, 0.29) is 23.2 Å². The number of rotatable bonds is 5. The van der Waals surface area contributed by atoms with E-state index in [0.29, 0.717) is 49.6 Å². The topological polar surface area (TPSA) is 79.8 Å². The SMILES string of the molecule is O=C(c1ccc(-c2ccc([N+](=O)[O-])cc2)o1)N1CCN(Cc2ccccc2F)CC1. The molecule has 1 fully saturated rings. The van der Waals surface area contributed by atoms with E-state index in [1.54, 1.807) is 41.3 Å². The molecule has 1 aromatic heterocycles. The number of amides is 1. The summed E-state index contributed by atoms with van der Waals surface area (Å²) in [6, 6.07) is 16.0. The second-order valence-corrected chi connectivity index (χ2v) is 7.13. The van der Waals surface area contributed by atoms with Gasteiger partial charge in [-0.1, -0.05) is 18.2 Å². The monoisotopic (exact) mass is 409 g/mol. The average molecular weight is 409 g/mol. The highest BCUT2D eigenvalue weighted by atomic mass is 19.1. The van der Waals surface area contributed by atoms with Gasteiger partial charge in [0.15, 0.2) is 5.76 Å². The van der Waals surface area contributed by atoms with Crippen molar-refractivity contribution in [1.82, 2.24) is 9.80 Å². The molecular formula is C22H20FN3O4. The fraction of sp³-hybridized carbons (Fsp3) is 0.227. The molecule has 0 radical (unpaired) electrons. The number of non-ortho nitro benzene ring substituents is 1. The molecular weight excluding hydrogens is 389 g/mol. The van der Waals surface area contributed by atoms with Gasteiger partial charge in [0.05, 0.1) is 4.92 Å². The van der Waals surface area contributed by atoms with Crippen LogP contribution in [0.15, 0.2) is 65.1 Å². The van der Waals surface area contributed by atoms with Gasteiger partial charge < -0.3 is 9.32 Å². The first kappa shape index (κ1) is 19.8. The van der Waals surface area contributed by atoms with Crippen molar-refractivity contribution >= 4 is 11.6 Å². The number of nitro benzene ring substituents is 1. The molecule has 7 nitrogen and oxygen atoms in total. The van der Waals surface area contributed by atoms with Crippen molar-refractivity contribution in [1.29, 1.82) is 0 Å². The summed E-state index contributed by atoms with van der Waals surface area (Å²) >= 11 is 0. The summed E-state index contributed by atoms with van der Waals surface area (Å²) in [5.41, 5.74) is 1.31. The fourth-order valence-electron chi connectivity index (χ4n) is 3.49. The summed E-state index contributed by atoms with van der Waals surface area (Å²) in [7, 11) is 0. The normalized spacial score (nSPS) is 14.6. The van der Waals surface area contributed by atoms with Crippen molar-refractivity contribution in [2.45, 2.75) is 6.54 Å². The zero-order valence-electron chi connectivity index (χ0n) is 16.2. The summed E-state index contributed by atoms with van der Waals surface area (Å²) < 4.78 is 19.5. The second kappa shape index (κ2) is 8.46. The lowest BCUT2D eigenvalue weighted by molar-refractivity contribution is -0.384. The van der Waals surface area contributed by atoms with E-state index in [1.807, 2.05) is 6.07 Å². The van der Waals surface area contributed by atoms with Crippen LogP contribution in [0, 0.1) is 15.9 Å². The van der Waals surface area contributed by atoms with Gasteiger partial charge in [-0.15, -0.1) is 0 Å². The predicted octanol–water partition coefficient (Wildman–Crippen LogP) is 3.95. The average Bonchev–Trinajstić information content (AvgIpc) is 3.26. The molecule has 1 aliphatic rings. The van der Waals surface area contributed by atoms with E-state index in [4.69, 9.17) is 4.42 Å². The second-order valence-electron chi connectivity index (χ2n) is 7.13. The van der Waals surface area contributed by atoms with E-state index >= 15 is 0 Å². The molecule has 0 aliphatic carbocycles. The molecule has 2 heterocycles. The highest BCUT2D eigenvalue weighted by Crippen LogP contribution is 2.25. The van der Waals surface area contributed by atoms with E-state index < -0.39 is 4.92 Å². The lowest BCUT2D eigenvalue weighted by Gasteiger charge is -2.34. The Kier molecular flexibility index (Phi) is 5.58. The Hall–Kier alpha value is -3.52. The van der Waals surface area contributed by atoms with Crippen molar-refractivity contribution in [2.75, 3.05) is 26.2 Å². The maximum Gasteiger partial charge on any atom is 0.289 e. The van der Waals surface area contributed by atoms with Gasteiger partial charge in [-0.2, -0.15) is 0 Å². The third-order valence-corrected chi connectivity index (χ3v) is 5.19. The molecule has 0 saturated carbocycles. The zero-order valence-corrected chi connectivity index (χ0v) is 16.2. The number of furan rings is 1. The summed E-state index contributed by atoms with van der Waals surface area (Å²) in [6.07, 6.45) is 0. The first-order chi connectivity index (χ1) is 14.5. The Labute approximate surface area is 172 Å². The van der Waals surface area contributed by atoms with Gasteiger partial charge in [0.25, 0.3) is 11.6 Å². The molecule has 1 aliphatic heterocycles. The standard InChI is InChI=1S/C22H20FN3O4/c23-19-4-2-1-3-17(19)15-24-11-13-25(14-12-24)22(27)21-10-9-20(30-21)16-5-7-18(8-6-16)26(28)29/h1-10H,11-15H2. The number of benzene rings is 2. The van der Waals surface area contributed by atoms with Crippen LogP contribution in [0.2, 0.25) is 0 Å². The Morgan fingerprint density at radius 2 is 1.70 bits per heavy atom. The minimum absolute atomic E-state index is 0.00476. The number of piperazine rings is 1. The molecule has 2 aromatic carbocycles. The molecule has 1 amide bonds. The van der Waals surface area contributed by atoms with Crippen LogP contribution in [0.1, 0.15) is 16.1 Å². The molecule has 3 aromatic rings. The molecule has 0 N–H and O–H groups in total. The van der Waals surface area contributed by atoms with Gasteiger partial charge in [-0.3, -0.25) is 19.8 Å². The summed E-state index contributed by atoms with van der Waals surface area (Å²) in [5, 5.41) is 10.8. The van der Waals surface area contributed by atoms with Crippen LogP contribution in [-0.4, -0.2) is 46.8 Å². The summed E-state index contributed by atoms with van der Waals surface area (Å²) in [6.45, 7) is 2.87. The molecule has 30 heavy (non-hydrogen) atoms. The summed E-state index contributed by atoms with van der Waals surface area (Å²) in [5.74, 6) is 0.288. The predicted molar refractivity (Wildman–Crippen MR) is 108 cm³/mol. The molecule has 4 rings (SSSR count). The smallest absolute Gasteiger partial charge is 0.289 e. The number of halogens is 1. The van der Waals surface area contributed by atoms with E-state index in [9.17, 15) is 19.3 Å². The van der Waals surface area contributed by atoms with Gasteiger partial charge in [-0.25, -0.2) is 4.39 Å². The van der Waals surface area contributed by atoms with Crippen molar-refractivity contribution in [3.8, 4) is 11.3 Å². The summed E-state index contributed by atoms with van der Waals surface area (Å²) in [4.78, 5) is 26.9. The maximum absolute atomic E-state index is 13.8. The lowest BCUT2D eigenvalue weighted by atomic mass is 10.1. The minimum atomic E-state index is -0.466. The van der Waals surface area contributed by atoms with Gasteiger partial charge in [0.1, 0.15) is 11.6 Å². The molecule has 8 heteroatoms. The lowest BCUT2D eigenvalue weighted by Crippen LogP contribution is -2.48. The minimum Gasteiger partial charge on any atom is -0.451 e. The van der Waals surface area contributed by atoms with Crippen LogP contribution in [0.25, 0.3) is 11.3 Å².